The fourth-order valence-corrected chi connectivity index (χ4v) is 2.60. The highest BCUT2D eigenvalue weighted by Crippen LogP contribution is 2.15. The van der Waals surface area contributed by atoms with Crippen LogP contribution in [0.2, 0.25) is 0 Å². The van der Waals surface area contributed by atoms with Gasteiger partial charge in [-0.1, -0.05) is 12.1 Å². The van der Waals surface area contributed by atoms with E-state index < -0.39 is 4.92 Å². The predicted octanol–water partition coefficient (Wildman–Crippen LogP) is 1.75. The highest BCUT2D eigenvalue weighted by atomic mass is 16.6. The lowest BCUT2D eigenvalue weighted by Crippen LogP contribution is -2.48. The minimum Gasteiger partial charge on any atom is -0.337 e. The highest BCUT2D eigenvalue weighted by Gasteiger charge is 2.21. The predicted molar refractivity (Wildman–Crippen MR) is 93.0 cm³/mol. The zero-order chi connectivity index (χ0) is 17.6. The van der Waals surface area contributed by atoms with Gasteiger partial charge in [0.15, 0.2) is 0 Å². The number of rotatable bonds is 4. The summed E-state index contributed by atoms with van der Waals surface area (Å²) in [5, 5.41) is 10.8. The van der Waals surface area contributed by atoms with Crippen molar-refractivity contribution in [2.24, 2.45) is 0 Å². The summed E-state index contributed by atoms with van der Waals surface area (Å²) in [6.07, 6.45) is 6.44. The Kier molecular flexibility index (Phi) is 4.98. The third-order valence-corrected chi connectivity index (χ3v) is 3.93. The number of carbonyl (C=O) groups excluding carboxylic acids is 1. The van der Waals surface area contributed by atoms with Crippen LogP contribution in [0.4, 0.5) is 11.6 Å². The Hall–Kier alpha value is -3.29. The molecule has 0 unspecified atom stereocenters. The van der Waals surface area contributed by atoms with E-state index in [4.69, 9.17) is 0 Å². The van der Waals surface area contributed by atoms with E-state index in [2.05, 4.69) is 9.97 Å². The summed E-state index contributed by atoms with van der Waals surface area (Å²) in [5.41, 5.74) is 0.630. The fraction of sp³-hybridized carbons (Fsp3) is 0.235. The molecule has 0 spiro atoms. The number of carbonyl (C=O) groups is 1. The number of piperazine rings is 1. The van der Waals surface area contributed by atoms with Crippen molar-refractivity contribution in [2.45, 2.75) is 0 Å². The molecule has 1 aliphatic rings. The summed E-state index contributed by atoms with van der Waals surface area (Å²) in [7, 11) is 0. The van der Waals surface area contributed by atoms with Crippen molar-refractivity contribution in [1.82, 2.24) is 14.9 Å². The summed E-state index contributed by atoms with van der Waals surface area (Å²) >= 11 is 0. The average molecular weight is 339 g/mol. The molecule has 1 aromatic heterocycles. The van der Waals surface area contributed by atoms with Crippen LogP contribution in [0.1, 0.15) is 5.56 Å². The summed E-state index contributed by atoms with van der Waals surface area (Å²) in [4.78, 5) is 34.8. The van der Waals surface area contributed by atoms with Crippen molar-refractivity contribution in [2.75, 3.05) is 31.1 Å². The lowest BCUT2D eigenvalue weighted by atomic mass is 10.2. The maximum atomic E-state index is 12.3. The second-order valence-corrected chi connectivity index (χ2v) is 5.55. The van der Waals surface area contributed by atoms with Crippen LogP contribution in [0.25, 0.3) is 6.08 Å². The average Bonchev–Trinajstić information content (AvgIpc) is 2.67. The molecule has 0 aliphatic carbocycles. The van der Waals surface area contributed by atoms with Crippen molar-refractivity contribution < 1.29 is 9.72 Å². The van der Waals surface area contributed by atoms with Gasteiger partial charge in [0.1, 0.15) is 0 Å². The number of hydrogen-bond acceptors (Lipinski definition) is 6. The zero-order valence-corrected chi connectivity index (χ0v) is 13.5. The molecule has 0 atom stereocenters. The number of nitro benzene ring substituents is 1. The molecule has 128 valence electrons. The van der Waals surface area contributed by atoms with Crippen molar-refractivity contribution in [1.29, 1.82) is 0 Å². The fourth-order valence-electron chi connectivity index (χ4n) is 2.60. The molecule has 0 radical (unpaired) electrons. The quantitative estimate of drug-likeness (QED) is 0.479. The Balaban J connectivity index is 1.58. The molecular formula is C17H17N5O3. The lowest BCUT2D eigenvalue weighted by molar-refractivity contribution is -0.384. The minimum atomic E-state index is -0.454. The van der Waals surface area contributed by atoms with Gasteiger partial charge < -0.3 is 9.80 Å². The van der Waals surface area contributed by atoms with Gasteiger partial charge in [0.05, 0.1) is 4.92 Å². The molecule has 1 amide bonds. The summed E-state index contributed by atoms with van der Waals surface area (Å²) < 4.78 is 0. The maximum Gasteiger partial charge on any atom is 0.270 e. The van der Waals surface area contributed by atoms with Crippen LogP contribution in [0.15, 0.2) is 48.8 Å². The van der Waals surface area contributed by atoms with E-state index in [1.807, 2.05) is 4.90 Å². The second kappa shape index (κ2) is 7.52. The van der Waals surface area contributed by atoms with Gasteiger partial charge in [-0.25, -0.2) is 9.97 Å². The molecule has 8 heteroatoms. The van der Waals surface area contributed by atoms with E-state index in [0.717, 1.165) is 0 Å². The smallest absolute Gasteiger partial charge is 0.270 e. The molecule has 0 N–H and O–H groups in total. The molecule has 8 nitrogen and oxygen atoms in total. The van der Waals surface area contributed by atoms with E-state index in [0.29, 0.717) is 37.7 Å². The molecule has 1 saturated heterocycles. The Morgan fingerprint density at radius 3 is 2.52 bits per heavy atom. The van der Waals surface area contributed by atoms with E-state index in [1.165, 1.54) is 18.2 Å². The normalized spacial score (nSPS) is 14.7. The molecule has 0 saturated carbocycles. The summed E-state index contributed by atoms with van der Waals surface area (Å²) in [5.74, 6) is 0.557. The standard InChI is InChI=1S/C17H17N5O3/c23-16(6-5-14-3-1-4-15(13-14)22(24)25)20-9-11-21(12-10-20)17-18-7-2-8-19-17/h1-8,13H,9-12H2. The topological polar surface area (TPSA) is 92.5 Å². The number of anilines is 1. The van der Waals surface area contributed by atoms with Crippen LogP contribution in [-0.4, -0.2) is 51.9 Å². The zero-order valence-electron chi connectivity index (χ0n) is 13.5. The first kappa shape index (κ1) is 16.6. The Bertz CT molecular complexity index is 786. The van der Waals surface area contributed by atoms with Crippen LogP contribution in [0.5, 0.6) is 0 Å². The van der Waals surface area contributed by atoms with Gasteiger partial charge in [0.2, 0.25) is 11.9 Å². The third-order valence-electron chi connectivity index (χ3n) is 3.93. The van der Waals surface area contributed by atoms with Gasteiger partial charge in [-0.2, -0.15) is 0 Å². The monoisotopic (exact) mass is 339 g/mol. The van der Waals surface area contributed by atoms with E-state index in [1.54, 1.807) is 41.6 Å². The number of hydrogen-bond donors (Lipinski definition) is 0. The van der Waals surface area contributed by atoms with Crippen LogP contribution in [0.3, 0.4) is 0 Å². The van der Waals surface area contributed by atoms with Crippen molar-refractivity contribution in [3.63, 3.8) is 0 Å². The molecular weight excluding hydrogens is 322 g/mol. The molecule has 1 aromatic carbocycles. The van der Waals surface area contributed by atoms with Gasteiger partial charge in [-0.3, -0.25) is 14.9 Å². The van der Waals surface area contributed by atoms with Gasteiger partial charge >= 0.3 is 0 Å². The largest absolute Gasteiger partial charge is 0.337 e. The first-order chi connectivity index (χ1) is 12.1. The number of non-ortho nitro benzene ring substituents is 1. The van der Waals surface area contributed by atoms with E-state index in [9.17, 15) is 14.9 Å². The Morgan fingerprint density at radius 1 is 1.12 bits per heavy atom. The number of aromatic nitrogens is 2. The molecule has 2 aromatic rings. The lowest BCUT2D eigenvalue weighted by Gasteiger charge is -2.34. The molecule has 1 aliphatic heterocycles. The highest BCUT2D eigenvalue weighted by molar-refractivity contribution is 5.92. The SMILES string of the molecule is O=C(C=Cc1cccc([N+](=O)[O-])c1)N1CCN(c2ncccn2)CC1. The first-order valence-corrected chi connectivity index (χ1v) is 7.87. The number of benzene rings is 1. The van der Waals surface area contributed by atoms with Crippen LogP contribution in [-0.2, 0) is 4.79 Å². The number of nitro groups is 1. The van der Waals surface area contributed by atoms with Gasteiger partial charge in [-0.05, 0) is 17.7 Å². The van der Waals surface area contributed by atoms with Crippen molar-refractivity contribution in [3.05, 3.63) is 64.5 Å². The third kappa shape index (κ3) is 4.17. The molecule has 25 heavy (non-hydrogen) atoms. The molecule has 0 bridgehead atoms. The van der Waals surface area contributed by atoms with Crippen molar-refractivity contribution >= 4 is 23.6 Å². The first-order valence-electron chi connectivity index (χ1n) is 7.87. The van der Waals surface area contributed by atoms with E-state index in [-0.39, 0.29) is 11.6 Å². The van der Waals surface area contributed by atoms with Crippen LogP contribution in [0, 0.1) is 10.1 Å². The number of nitrogens with zero attached hydrogens (tertiary/aromatic N) is 5. The van der Waals surface area contributed by atoms with Gasteiger partial charge in [-0.15, -0.1) is 0 Å². The molecule has 2 heterocycles. The molecule has 1 fully saturated rings. The summed E-state index contributed by atoms with van der Waals surface area (Å²) in [6, 6.07) is 7.95. The Labute approximate surface area is 144 Å². The van der Waals surface area contributed by atoms with E-state index >= 15 is 0 Å². The van der Waals surface area contributed by atoms with Gasteiger partial charge in [0, 0.05) is 56.8 Å². The van der Waals surface area contributed by atoms with Crippen LogP contribution < -0.4 is 4.90 Å². The maximum absolute atomic E-state index is 12.3. The van der Waals surface area contributed by atoms with Crippen LogP contribution >= 0.6 is 0 Å². The minimum absolute atomic E-state index is 0.00562. The second-order valence-electron chi connectivity index (χ2n) is 5.55. The number of amides is 1. The molecule has 3 rings (SSSR count). The summed E-state index contributed by atoms with van der Waals surface area (Å²) in [6.45, 7) is 2.49. The van der Waals surface area contributed by atoms with Crippen molar-refractivity contribution in [3.8, 4) is 0 Å². The van der Waals surface area contributed by atoms with Gasteiger partial charge in [0.25, 0.3) is 5.69 Å². The Morgan fingerprint density at radius 2 is 1.84 bits per heavy atom.